The summed E-state index contributed by atoms with van der Waals surface area (Å²) in [5.41, 5.74) is 1.72. The largest absolute Gasteiger partial charge is 0.463 e. The summed E-state index contributed by atoms with van der Waals surface area (Å²) in [7, 11) is -3.50. The summed E-state index contributed by atoms with van der Waals surface area (Å²) in [6, 6.07) is 10.6. The Morgan fingerprint density at radius 1 is 1.13 bits per heavy atom. The SMILES string of the molecule is CCCCn1c(-c2ccco2)csc1=Nc1ccc(S(=O)(=O)N2CCOCC2)cc1. The van der Waals surface area contributed by atoms with Gasteiger partial charge in [0, 0.05) is 25.0 Å². The number of ether oxygens (including phenoxy) is 1. The van der Waals surface area contributed by atoms with Crippen molar-refractivity contribution in [3.05, 3.63) is 52.8 Å². The van der Waals surface area contributed by atoms with Gasteiger partial charge in [0.05, 0.1) is 35.8 Å². The van der Waals surface area contributed by atoms with Crippen LogP contribution in [0.1, 0.15) is 19.8 Å². The van der Waals surface area contributed by atoms with Crippen molar-refractivity contribution < 1.29 is 17.6 Å². The van der Waals surface area contributed by atoms with Gasteiger partial charge in [0.15, 0.2) is 10.6 Å². The van der Waals surface area contributed by atoms with E-state index in [4.69, 9.17) is 14.1 Å². The fourth-order valence-corrected chi connectivity index (χ4v) is 5.66. The van der Waals surface area contributed by atoms with Crippen molar-refractivity contribution in [1.82, 2.24) is 8.87 Å². The highest BCUT2D eigenvalue weighted by Gasteiger charge is 2.26. The van der Waals surface area contributed by atoms with Gasteiger partial charge in [-0.25, -0.2) is 13.4 Å². The summed E-state index contributed by atoms with van der Waals surface area (Å²) in [6.45, 7) is 4.64. The van der Waals surface area contributed by atoms with Gasteiger partial charge in [-0.3, -0.25) is 0 Å². The minimum atomic E-state index is -3.50. The van der Waals surface area contributed by atoms with E-state index in [1.807, 2.05) is 17.5 Å². The summed E-state index contributed by atoms with van der Waals surface area (Å²) < 4.78 is 40.0. The normalized spacial score (nSPS) is 16.2. The Balaban J connectivity index is 1.64. The fraction of sp³-hybridized carbons (Fsp3) is 0.381. The molecule has 0 N–H and O–H groups in total. The lowest BCUT2D eigenvalue weighted by Gasteiger charge is -2.26. The third-order valence-electron chi connectivity index (χ3n) is 4.98. The number of furan rings is 1. The van der Waals surface area contributed by atoms with E-state index in [9.17, 15) is 8.42 Å². The van der Waals surface area contributed by atoms with Crippen molar-refractivity contribution in [3.8, 4) is 11.5 Å². The first kappa shape index (κ1) is 21.0. The molecule has 0 saturated carbocycles. The topological polar surface area (TPSA) is 77.0 Å². The summed E-state index contributed by atoms with van der Waals surface area (Å²) in [6.07, 6.45) is 3.78. The van der Waals surface area contributed by atoms with Crippen LogP contribution in [0.3, 0.4) is 0 Å². The molecule has 1 aliphatic rings. The van der Waals surface area contributed by atoms with Crippen LogP contribution >= 0.6 is 11.3 Å². The van der Waals surface area contributed by atoms with E-state index in [0.717, 1.165) is 35.6 Å². The predicted octanol–water partition coefficient (Wildman–Crippen LogP) is 3.86. The zero-order valence-electron chi connectivity index (χ0n) is 16.9. The molecule has 0 atom stereocenters. The fourth-order valence-electron chi connectivity index (χ4n) is 3.31. The van der Waals surface area contributed by atoms with Gasteiger partial charge >= 0.3 is 0 Å². The number of morpholine rings is 1. The van der Waals surface area contributed by atoms with Crippen molar-refractivity contribution in [2.45, 2.75) is 31.2 Å². The van der Waals surface area contributed by atoms with Crippen LogP contribution in [0.5, 0.6) is 0 Å². The van der Waals surface area contributed by atoms with E-state index in [1.165, 1.54) is 4.31 Å². The number of benzene rings is 1. The van der Waals surface area contributed by atoms with Crippen LogP contribution in [0.2, 0.25) is 0 Å². The van der Waals surface area contributed by atoms with Crippen LogP contribution in [-0.4, -0.2) is 43.6 Å². The van der Waals surface area contributed by atoms with E-state index in [-0.39, 0.29) is 4.90 Å². The molecule has 0 unspecified atom stereocenters. The van der Waals surface area contributed by atoms with Crippen LogP contribution < -0.4 is 4.80 Å². The predicted molar refractivity (Wildman–Crippen MR) is 116 cm³/mol. The third-order valence-corrected chi connectivity index (χ3v) is 7.75. The molecule has 0 spiro atoms. The summed E-state index contributed by atoms with van der Waals surface area (Å²) >= 11 is 1.55. The molecular formula is C21H25N3O4S2. The first-order valence-electron chi connectivity index (χ1n) is 10.0. The molecule has 1 fully saturated rings. The molecule has 30 heavy (non-hydrogen) atoms. The molecule has 9 heteroatoms. The molecule has 0 radical (unpaired) electrons. The van der Waals surface area contributed by atoms with Crippen molar-refractivity contribution in [2.75, 3.05) is 26.3 Å². The van der Waals surface area contributed by atoms with Gasteiger partial charge in [-0.15, -0.1) is 11.3 Å². The number of aromatic nitrogens is 1. The second kappa shape index (κ2) is 9.30. The molecule has 3 heterocycles. The molecule has 1 aromatic carbocycles. The first-order valence-corrected chi connectivity index (χ1v) is 12.4. The second-order valence-corrected chi connectivity index (χ2v) is 9.78. The molecule has 4 rings (SSSR count). The second-order valence-electron chi connectivity index (χ2n) is 7.01. The van der Waals surface area contributed by atoms with Crippen LogP contribution in [0.4, 0.5) is 5.69 Å². The van der Waals surface area contributed by atoms with Crippen molar-refractivity contribution in [2.24, 2.45) is 4.99 Å². The highest BCUT2D eigenvalue weighted by molar-refractivity contribution is 7.89. The Morgan fingerprint density at radius 3 is 2.57 bits per heavy atom. The molecule has 2 aromatic heterocycles. The number of thiazole rings is 1. The Kier molecular flexibility index (Phi) is 6.52. The zero-order valence-corrected chi connectivity index (χ0v) is 18.5. The van der Waals surface area contributed by atoms with Crippen LogP contribution in [0.15, 0.2) is 62.3 Å². The van der Waals surface area contributed by atoms with Gasteiger partial charge in [-0.1, -0.05) is 13.3 Å². The maximum absolute atomic E-state index is 12.8. The maximum atomic E-state index is 12.8. The number of sulfonamides is 1. The van der Waals surface area contributed by atoms with E-state index in [0.29, 0.717) is 32.0 Å². The lowest BCUT2D eigenvalue weighted by molar-refractivity contribution is 0.0730. The molecule has 1 saturated heterocycles. The van der Waals surface area contributed by atoms with Gasteiger partial charge in [0.2, 0.25) is 10.0 Å². The average Bonchev–Trinajstić information content (AvgIpc) is 3.43. The number of hydrogen-bond acceptors (Lipinski definition) is 6. The summed E-state index contributed by atoms with van der Waals surface area (Å²) in [5.74, 6) is 0.816. The van der Waals surface area contributed by atoms with Crippen LogP contribution in [0, 0.1) is 0 Å². The Labute approximate surface area is 180 Å². The molecular weight excluding hydrogens is 422 g/mol. The van der Waals surface area contributed by atoms with Crippen molar-refractivity contribution in [1.29, 1.82) is 0 Å². The Bertz CT molecular complexity index is 1120. The lowest BCUT2D eigenvalue weighted by Crippen LogP contribution is -2.40. The number of unbranched alkanes of at least 4 members (excludes halogenated alkanes) is 1. The summed E-state index contributed by atoms with van der Waals surface area (Å²) in [5, 5.41) is 2.05. The highest BCUT2D eigenvalue weighted by Crippen LogP contribution is 2.23. The van der Waals surface area contributed by atoms with Gasteiger partial charge in [0.1, 0.15) is 0 Å². The molecule has 0 amide bonds. The van der Waals surface area contributed by atoms with E-state index in [2.05, 4.69) is 11.5 Å². The van der Waals surface area contributed by atoms with Crippen molar-refractivity contribution in [3.63, 3.8) is 0 Å². The molecule has 1 aliphatic heterocycles. The smallest absolute Gasteiger partial charge is 0.243 e. The third kappa shape index (κ3) is 4.44. The number of nitrogens with zero attached hydrogens (tertiary/aromatic N) is 3. The van der Waals surface area contributed by atoms with Crippen LogP contribution in [-0.2, 0) is 21.3 Å². The molecule has 0 bridgehead atoms. The average molecular weight is 448 g/mol. The maximum Gasteiger partial charge on any atom is 0.243 e. The minimum absolute atomic E-state index is 0.282. The number of rotatable bonds is 7. The Hall–Kier alpha value is -2.20. The van der Waals surface area contributed by atoms with Gasteiger partial charge < -0.3 is 13.7 Å². The zero-order chi connectivity index (χ0) is 21.0. The van der Waals surface area contributed by atoms with Gasteiger partial charge in [0.25, 0.3) is 0 Å². The van der Waals surface area contributed by atoms with Gasteiger partial charge in [-0.2, -0.15) is 4.31 Å². The van der Waals surface area contributed by atoms with Crippen LogP contribution in [0.25, 0.3) is 11.5 Å². The Morgan fingerprint density at radius 2 is 1.90 bits per heavy atom. The standard InChI is InChI=1S/C21H25N3O4S2/c1-2-3-10-24-19(20-5-4-13-28-20)16-29-21(24)22-17-6-8-18(9-7-17)30(25,26)23-11-14-27-15-12-23/h4-9,13,16H,2-3,10-12,14-15H2,1H3. The first-order chi connectivity index (χ1) is 14.6. The lowest BCUT2D eigenvalue weighted by atomic mass is 10.3. The molecule has 0 aliphatic carbocycles. The number of hydrogen-bond donors (Lipinski definition) is 0. The molecule has 7 nitrogen and oxygen atoms in total. The highest BCUT2D eigenvalue weighted by atomic mass is 32.2. The summed E-state index contributed by atoms with van der Waals surface area (Å²) in [4.78, 5) is 5.91. The van der Waals surface area contributed by atoms with Gasteiger partial charge in [-0.05, 0) is 42.8 Å². The van der Waals surface area contributed by atoms with E-state index < -0.39 is 10.0 Å². The molecule has 3 aromatic rings. The van der Waals surface area contributed by atoms with Crippen molar-refractivity contribution >= 4 is 27.0 Å². The van der Waals surface area contributed by atoms with E-state index in [1.54, 1.807) is 41.9 Å². The minimum Gasteiger partial charge on any atom is -0.463 e. The quantitative estimate of drug-likeness (QED) is 0.551. The monoisotopic (exact) mass is 447 g/mol. The molecule has 160 valence electrons. The van der Waals surface area contributed by atoms with E-state index >= 15 is 0 Å².